The first-order chi connectivity index (χ1) is 12.8. The summed E-state index contributed by atoms with van der Waals surface area (Å²) >= 11 is 0. The predicted molar refractivity (Wildman–Crippen MR) is 98.3 cm³/mol. The van der Waals surface area contributed by atoms with Crippen molar-refractivity contribution in [1.82, 2.24) is 9.47 Å². The second-order valence-electron chi connectivity index (χ2n) is 6.29. The predicted octanol–water partition coefficient (Wildman–Crippen LogP) is 4.12. The fourth-order valence-corrected chi connectivity index (χ4v) is 3.45. The van der Waals surface area contributed by atoms with Gasteiger partial charge in [0.1, 0.15) is 11.8 Å². The van der Waals surface area contributed by atoms with E-state index in [-0.39, 0.29) is 12.1 Å². The molecule has 1 aliphatic rings. The molecule has 0 saturated carbocycles. The lowest BCUT2D eigenvalue weighted by Crippen LogP contribution is -2.38. The van der Waals surface area contributed by atoms with Crippen molar-refractivity contribution in [2.24, 2.45) is 0 Å². The fraction of sp³-hybridized carbons (Fsp3) is 0.250. The number of hydrogen-bond donors (Lipinski definition) is 1. The zero-order valence-electron chi connectivity index (χ0n) is 14.6. The van der Waals surface area contributed by atoms with Crippen molar-refractivity contribution in [2.45, 2.75) is 19.0 Å². The van der Waals surface area contributed by atoms with E-state index in [0.29, 0.717) is 6.54 Å². The van der Waals surface area contributed by atoms with Crippen molar-refractivity contribution in [2.75, 3.05) is 19.0 Å². The molecule has 1 aromatic carbocycles. The van der Waals surface area contributed by atoms with Gasteiger partial charge in [-0.05, 0) is 48.9 Å². The third-order valence-electron chi connectivity index (χ3n) is 4.72. The van der Waals surface area contributed by atoms with Gasteiger partial charge in [-0.3, -0.25) is 0 Å². The molecule has 1 aliphatic heterocycles. The standard InChI is InChI=1S/C20H21N3O3/c1-25-17-7-5-16(6-8-17)21-20(24)23-12-3-11-22-10-2-4-18(22)19(23)15-9-13-26-14-15/h2,4-10,13-14,19H,3,11-12H2,1H3,(H,21,24). The first-order valence-electron chi connectivity index (χ1n) is 8.65. The molecular formula is C20H21N3O3. The summed E-state index contributed by atoms with van der Waals surface area (Å²) in [6, 6.07) is 13.0. The quantitative estimate of drug-likeness (QED) is 0.772. The molecule has 134 valence electrons. The molecule has 6 heteroatoms. The molecule has 1 atom stereocenters. The number of furan rings is 1. The molecule has 3 aromatic rings. The monoisotopic (exact) mass is 351 g/mol. The molecule has 0 saturated heterocycles. The van der Waals surface area contributed by atoms with Crippen LogP contribution >= 0.6 is 0 Å². The fourth-order valence-electron chi connectivity index (χ4n) is 3.45. The number of carbonyl (C=O) groups is 1. The SMILES string of the molecule is COc1ccc(NC(=O)N2CCCn3cccc3C2c2ccoc2)cc1. The highest BCUT2D eigenvalue weighted by atomic mass is 16.5. The van der Waals surface area contributed by atoms with Crippen LogP contribution < -0.4 is 10.1 Å². The third kappa shape index (κ3) is 3.06. The van der Waals surface area contributed by atoms with Crippen LogP contribution in [0.25, 0.3) is 0 Å². The van der Waals surface area contributed by atoms with Crippen molar-refractivity contribution in [3.8, 4) is 5.75 Å². The molecule has 0 aliphatic carbocycles. The molecule has 0 fully saturated rings. The lowest BCUT2D eigenvalue weighted by Gasteiger charge is -2.29. The van der Waals surface area contributed by atoms with Crippen LogP contribution in [0.5, 0.6) is 5.75 Å². The largest absolute Gasteiger partial charge is 0.497 e. The van der Waals surface area contributed by atoms with Gasteiger partial charge < -0.3 is 23.9 Å². The Morgan fingerprint density at radius 3 is 2.77 bits per heavy atom. The van der Waals surface area contributed by atoms with E-state index >= 15 is 0 Å². The van der Waals surface area contributed by atoms with Gasteiger partial charge in [0.2, 0.25) is 0 Å². The minimum atomic E-state index is -0.176. The average Bonchev–Trinajstić information content (AvgIpc) is 3.32. The molecule has 4 rings (SSSR count). The zero-order valence-corrected chi connectivity index (χ0v) is 14.6. The van der Waals surface area contributed by atoms with Gasteiger partial charge in [0.25, 0.3) is 0 Å². The maximum Gasteiger partial charge on any atom is 0.322 e. The number of nitrogens with zero attached hydrogens (tertiary/aromatic N) is 2. The van der Waals surface area contributed by atoms with Crippen molar-refractivity contribution >= 4 is 11.7 Å². The van der Waals surface area contributed by atoms with E-state index in [1.807, 2.05) is 41.3 Å². The van der Waals surface area contributed by atoms with E-state index in [1.54, 1.807) is 19.6 Å². The van der Waals surface area contributed by atoms with E-state index in [0.717, 1.165) is 35.7 Å². The second-order valence-corrected chi connectivity index (χ2v) is 6.29. The van der Waals surface area contributed by atoms with Gasteiger partial charge >= 0.3 is 6.03 Å². The van der Waals surface area contributed by atoms with Gasteiger partial charge in [-0.2, -0.15) is 0 Å². The summed E-state index contributed by atoms with van der Waals surface area (Å²) in [4.78, 5) is 14.9. The number of anilines is 1. The lowest BCUT2D eigenvalue weighted by atomic mass is 10.1. The number of amides is 2. The molecule has 26 heavy (non-hydrogen) atoms. The minimum absolute atomic E-state index is 0.129. The Hall–Kier alpha value is -3.15. The van der Waals surface area contributed by atoms with Gasteiger partial charge in [-0.15, -0.1) is 0 Å². The van der Waals surface area contributed by atoms with Gasteiger partial charge in [0, 0.05) is 36.2 Å². The Labute approximate surface area is 152 Å². The summed E-state index contributed by atoms with van der Waals surface area (Å²) in [7, 11) is 1.62. The number of fused-ring (bicyclic) bond motifs is 1. The molecule has 1 unspecified atom stereocenters. The van der Waals surface area contributed by atoms with Crippen LogP contribution in [-0.4, -0.2) is 29.2 Å². The topological polar surface area (TPSA) is 59.6 Å². The zero-order chi connectivity index (χ0) is 17.9. The molecule has 2 amide bonds. The summed E-state index contributed by atoms with van der Waals surface area (Å²) in [5, 5.41) is 3.00. The van der Waals surface area contributed by atoms with Crippen LogP contribution in [0, 0.1) is 0 Å². The molecule has 2 aromatic heterocycles. The Morgan fingerprint density at radius 1 is 1.19 bits per heavy atom. The highest BCUT2D eigenvalue weighted by Crippen LogP contribution is 2.32. The van der Waals surface area contributed by atoms with Crippen LogP contribution in [0.15, 0.2) is 65.6 Å². The summed E-state index contributed by atoms with van der Waals surface area (Å²) < 4.78 is 12.7. The van der Waals surface area contributed by atoms with E-state index in [2.05, 4.69) is 22.1 Å². The maximum absolute atomic E-state index is 13.1. The number of nitrogens with one attached hydrogen (secondary N) is 1. The third-order valence-corrected chi connectivity index (χ3v) is 4.72. The Bertz CT molecular complexity index is 868. The first-order valence-corrected chi connectivity index (χ1v) is 8.65. The number of ether oxygens (including phenoxy) is 1. The van der Waals surface area contributed by atoms with E-state index in [9.17, 15) is 4.79 Å². The summed E-state index contributed by atoms with van der Waals surface area (Å²) in [6.45, 7) is 1.56. The van der Waals surface area contributed by atoms with Crippen molar-refractivity contribution in [3.05, 3.63) is 72.4 Å². The van der Waals surface area contributed by atoms with Crippen molar-refractivity contribution in [1.29, 1.82) is 0 Å². The number of rotatable bonds is 3. The van der Waals surface area contributed by atoms with Crippen LogP contribution in [0.1, 0.15) is 23.7 Å². The molecule has 6 nitrogen and oxygen atoms in total. The number of benzene rings is 1. The van der Waals surface area contributed by atoms with Gasteiger partial charge in [-0.25, -0.2) is 4.79 Å². The number of urea groups is 1. The number of aryl methyl sites for hydroxylation is 1. The van der Waals surface area contributed by atoms with E-state index in [1.165, 1.54) is 0 Å². The van der Waals surface area contributed by atoms with E-state index < -0.39 is 0 Å². The van der Waals surface area contributed by atoms with Gasteiger partial charge in [-0.1, -0.05) is 0 Å². The number of methoxy groups -OCH3 is 1. The molecule has 0 spiro atoms. The molecule has 1 N–H and O–H groups in total. The van der Waals surface area contributed by atoms with Gasteiger partial charge in [0.05, 0.1) is 19.6 Å². The number of carbonyl (C=O) groups excluding carboxylic acids is 1. The summed E-state index contributed by atoms with van der Waals surface area (Å²) in [5.74, 6) is 0.756. The Kier molecular flexibility index (Phi) is 4.39. The first kappa shape index (κ1) is 16.3. The Morgan fingerprint density at radius 2 is 2.04 bits per heavy atom. The van der Waals surface area contributed by atoms with E-state index in [4.69, 9.17) is 9.15 Å². The van der Waals surface area contributed by atoms with Crippen LogP contribution in [0.4, 0.5) is 10.5 Å². The molecule has 0 bridgehead atoms. The van der Waals surface area contributed by atoms with Crippen molar-refractivity contribution in [3.63, 3.8) is 0 Å². The second kappa shape index (κ2) is 7.00. The maximum atomic E-state index is 13.1. The number of hydrogen-bond acceptors (Lipinski definition) is 3. The molecule has 3 heterocycles. The minimum Gasteiger partial charge on any atom is -0.497 e. The highest BCUT2D eigenvalue weighted by Gasteiger charge is 2.31. The normalized spacial score (nSPS) is 16.7. The van der Waals surface area contributed by atoms with Crippen molar-refractivity contribution < 1.29 is 13.9 Å². The summed E-state index contributed by atoms with van der Waals surface area (Å²) in [6.07, 6.45) is 6.31. The number of aromatic nitrogens is 1. The average molecular weight is 351 g/mol. The Balaban J connectivity index is 1.63. The highest BCUT2D eigenvalue weighted by molar-refractivity contribution is 5.90. The van der Waals surface area contributed by atoms with Crippen LogP contribution in [0.2, 0.25) is 0 Å². The van der Waals surface area contributed by atoms with Crippen LogP contribution in [-0.2, 0) is 6.54 Å². The summed E-state index contributed by atoms with van der Waals surface area (Å²) in [5.41, 5.74) is 2.80. The van der Waals surface area contributed by atoms with Gasteiger partial charge in [0.15, 0.2) is 0 Å². The smallest absolute Gasteiger partial charge is 0.322 e. The lowest BCUT2D eigenvalue weighted by molar-refractivity contribution is 0.199. The molecular weight excluding hydrogens is 330 g/mol. The molecule has 0 radical (unpaired) electrons. The van der Waals surface area contributed by atoms with Crippen LogP contribution in [0.3, 0.4) is 0 Å².